The molecule has 5 heteroatoms. The Kier molecular flexibility index (Phi) is 5.27. The summed E-state index contributed by atoms with van der Waals surface area (Å²) in [4.78, 5) is 18.0. The standard InChI is InChI=1S/C17H26N2O3/c1-5-6-13-9-15(11-18-10-13)21-12-14-7-8-19(14)16(20)22-17(2,3)4/h9-11,14H,5-8,12H2,1-4H3/t14-/m0/s1. The van der Waals surface area contributed by atoms with Gasteiger partial charge in [0.15, 0.2) is 0 Å². The summed E-state index contributed by atoms with van der Waals surface area (Å²) >= 11 is 0. The van der Waals surface area contributed by atoms with Crippen LogP contribution < -0.4 is 4.74 Å². The number of ether oxygens (including phenoxy) is 2. The van der Waals surface area contributed by atoms with Crippen molar-refractivity contribution in [1.29, 1.82) is 0 Å². The van der Waals surface area contributed by atoms with E-state index in [-0.39, 0.29) is 12.1 Å². The number of carbonyl (C=O) groups is 1. The number of pyridine rings is 1. The maximum atomic E-state index is 12.0. The second-order valence-corrected chi connectivity index (χ2v) is 6.71. The topological polar surface area (TPSA) is 51.7 Å². The lowest BCUT2D eigenvalue weighted by molar-refractivity contribution is -0.0141. The maximum Gasteiger partial charge on any atom is 0.410 e. The molecule has 1 aliphatic heterocycles. The van der Waals surface area contributed by atoms with Crippen molar-refractivity contribution in [3.05, 3.63) is 24.0 Å². The van der Waals surface area contributed by atoms with Gasteiger partial charge in [0.2, 0.25) is 0 Å². The first-order chi connectivity index (χ1) is 10.4. The fourth-order valence-electron chi connectivity index (χ4n) is 2.34. The van der Waals surface area contributed by atoms with Crippen LogP contribution in [0.5, 0.6) is 5.75 Å². The van der Waals surface area contributed by atoms with Gasteiger partial charge in [0.1, 0.15) is 18.0 Å². The van der Waals surface area contributed by atoms with Gasteiger partial charge in [0.25, 0.3) is 0 Å². The third-order valence-electron chi connectivity index (χ3n) is 3.52. The molecule has 122 valence electrons. The third-order valence-corrected chi connectivity index (χ3v) is 3.52. The summed E-state index contributed by atoms with van der Waals surface area (Å²) in [6.07, 6.45) is 6.35. The molecule has 2 heterocycles. The molecule has 1 atom stereocenters. The van der Waals surface area contributed by atoms with Gasteiger partial charge in [0.05, 0.1) is 12.2 Å². The lowest BCUT2D eigenvalue weighted by Gasteiger charge is -2.40. The summed E-state index contributed by atoms with van der Waals surface area (Å²) < 4.78 is 11.2. The summed E-state index contributed by atoms with van der Waals surface area (Å²) in [5.41, 5.74) is 0.717. The number of aryl methyl sites for hydroxylation is 1. The molecule has 0 saturated carbocycles. The van der Waals surface area contributed by atoms with Crippen LogP contribution in [0.3, 0.4) is 0 Å². The number of hydrogen-bond donors (Lipinski definition) is 0. The Labute approximate surface area is 132 Å². The third kappa shape index (κ3) is 4.61. The molecule has 0 radical (unpaired) electrons. The Morgan fingerprint density at radius 3 is 2.77 bits per heavy atom. The molecule has 2 rings (SSSR count). The largest absolute Gasteiger partial charge is 0.490 e. The fourth-order valence-corrected chi connectivity index (χ4v) is 2.34. The Bertz CT molecular complexity index is 511. The van der Waals surface area contributed by atoms with Gasteiger partial charge in [-0.15, -0.1) is 0 Å². The summed E-state index contributed by atoms with van der Waals surface area (Å²) in [7, 11) is 0. The van der Waals surface area contributed by atoms with E-state index in [1.165, 1.54) is 5.56 Å². The normalized spacial score (nSPS) is 17.8. The highest BCUT2D eigenvalue weighted by molar-refractivity contribution is 5.69. The molecule has 0 aromatic carbocycles. The van der Waals surface area contributed by atoms with Crippen molar-refractivity contribution in [2.75, 3.05) is 13.2 Å². The zero-order valence-corrected chi connectivity index (χ0v) is 14.0. The minimum atomic E-state index is -0.462. The Balaban J connectivity index is 1.84. The molecule has 5 nitrogen and oxygen atoms in total. The number of nitrogens with zero attached hydrogens (tertiary/aromatic N) is 2. The average molecular weight is 306 g/mol. The number of likely N-dealkylation sites (tertiary alicyclic amines) is 1. The maximum absolute atomic E-state index is 12.0. The zero-order chi connectivity index (χ0) is 16.2. The van der Waals surface area contributed by atoms with E-state index in [0.717, 1.165) is 31.6 Å². The number of hydrogen-bond acceptors (Lipinski definition) is 4. The minimum absolute atomic E-state index is 0.0877. The van der Waals surface area contributed by atoms with Crippen molar-refractivity contribution >= 4 is 6.09 Å². The summed E-state index contributed by atoms with van der Waals surface area (Å²) in [5, 5.41) is 0. The van der Waals surface area contributed by atoms with Crippen LogP contribution in [0.15, 0.2) is 18.5 Å². The molecule has 1 amide bonds. The number of amides is 1. The predicted octanol–water partition coefficient (Wildman–Crippen LogP) is 3.42. The quantitative estimate of drug-likeness (QED) is 0.836. The fraction of sp³-hybridized carbons (Fsp3) is 0.647. The first-order valence-electron chi connectivity index (χ1n) is 7.95. The Morgan fingerprint density at radius 2 is 2.18 bits per heavy atom. The first-order valence-corrected chi connectivity index (χ1v) is 7.95. The predicted molar refractivity (Wildman–Crippen MR) is 85.1 cm³/mol. The minimum Gasteiger partial charge on any atom is -0.490 e. The van der Waals surface area contributed by atoms with Gasteiger partial charge in [-0.3, -0.25) is 4.98 Å². The van der Waals surface area contributed by atoms with E-state index in [4.69, 9.17) is 9.47 Å². The first kappa shape index (κ1) is 16.6. The highest BCUT2D eigenvalue weighted by atomic mass is 16.6. The van der Waals surface area contributed by atoms with Gasteiger partial charge in [-0.05, 0) is 45.2 Å². The van der Waals surface area contributed by atoms with E-state index in [1.807, 2.05) is 33.0 Å². The molecular formula is C17H26N2O3. The Hall–Kier alpha value is -1.78. The molecule has 0 aliphatic carbocycles. The van der Waals surface area contributed by atoms with Crippen molar-refractivity contribution in [3.63, 3.8) is 0 Å². The van der Waals surface area contributed by atoms with Crippen LogP contribution in [0.25, 0.3) is 0 Å². The van der Waals surface area contributed by atoms with Gasteiger partial charge in [0, 0.05) is 12.7 Å². The SMILES string of the molecule is CCCc1cncc(OC[C@@H]2CCN2C(=O)OC(C)(C)C)c1. The van der Waals surface area contributed by atoms with Crippen molar-refractivity contribution in [3.8, 4) is 5.75 Å². The van der Waals surface area contributed by atoms with E-state index >= 15 is 0 Å². The second-order valence-electron chi connectivity index (χ2n) is 6.71. The van der Waals surface area contributed by atoms with Crippen molar-refractivity contribution in [2.45, 2.75) is 58.6 Å². The molecule has 0 spiro atoms. The lowest BCUT2D eigenvalue weighted by Crippen LogP contribution is -2.55. The van der Waals surface area contributed by atoms with Gasteiger partial charge >= 0.3 is 6.09 Å². The number of carbonyl (C=O) groups excluding carboxylic acids is 1. The van der Waals surface area contributed by atoms with Crippen molar-refractivity contribution in [2.24, 2.45) is 0 Å². The van der Waals surface area contributed by atoms with Gasteiger partial charge in [-0.2, -0.15) is 0 Å². The summed E-state index contributed by atoms with van der Waals surface area (Å²) in [5.74, 6) is 0.766. The second kappa shape index (κ2) is 6.99. The zero-order valence-electron chi connectivity index (χ0n) is 14.0. The monoisotopic (exact) mass is 306 g/mol. The van der Waals surface area contributed by atoms with Crippen LogP contribution in [-0.4, -0.2) is 40.8 Å². The molecule has 1 saturated heterocycles. The Morgan fingerprint density at radius 1 is 1.41 bits per heavy atom. The van der Waals surface area contributed by atoms with E-state index in [9.17, 15) is 4.79 Å². The molecule has 22 heavy (non-hydrogen) atoms. The van der Waals surface area contributed by atoms with Crippen molar-refractivity contribution in [1.82, 2.24) is 9.88 Å². The van der Waals surface area contributed by atoms with Crippen LogP contribution >= 0.6 is 0 Å². The van der Waals surface area contributed by atoms with Crippen LogP contribution in [0, 0.1) is 0 Å². The molecule has 0 unspecified atom stereocenters. The lowest BCUT2D eigenvalue weighted by atomic mass is 10.1. The van der Waals surface area contributed by atoms with E-state index in [0.29, 0.717) is 6.61 Å². The van der Waals surface area contributed by atoms with Gasteiger partial charge in [-0.1, -0.05) is 13.3 Å². The van der Waals surface area contributed by atoms with Crippen molar-refractivity contribution < 1.29 is 14.3 Å². The molecule has 1 fully saturated rings. The van der Waals surface area contributed by atoms with E-state index < -0.39 is 5.60 Å². The molecule has 1 aromatic heterocycles. The molecule has 0 bridgehead atoms. The highest BCUT2D eigenvalue weighted by Crippen LogP contribution is 2.22. The summed E-state index contributed by atoms with van der Waals surface area (Å²) in [6, 6.07) is 2.11. The van der Waals surface area contributed by atoms with Crippen LogP contribution in [0.1, 0.15) is 46.1 Å². The van der Waals surface area contributed by atoms with Gasteiger partial charge in [-0.25, -0.2) is 4.79 Å². The van der Waals surface area contributed by atoms with E-state index in [2.05, 4.69) is 11.9 Å². The summed E-state index contributed by atoms with van der Waals surface area (Å²) in [6.45, 7) is 8.98. The smallest absolute Gasteiger partial charge is 0.410 e. The van der Waals surface area contributed by atoms with Crippen LogP contribution in [-0.2, 0) is 11.2 Å². The average Bonchev–Trinajstić information content (AvgIpc) is 2.36. The number of rotatable bonds is 5. The van der Waals surface area contributed by atoms with E-state index in [1.54, 1.807) is 11.1 Å². The molecule has 1 aromatic rings. The molecular weight excluding hydrogens is 280 g/mol. The van der Waals surface area contributed by atoms with Gasteiger partial charge < -0.3 is 14.4 Å². The molecule has 0 N–H and O–H groups in total. The molecule has 1 aliphatic rings. The highest BCUT2D eigenvalue weighted by Gasteiger charge is 2.35. The number of aromatic nitrogens is 1. The van der Waals surface area contributed by atoms with Crippen LogP contribution in [0.2, 0.25) is 0 Å². The van der Waals surface area contributed by atoms with Crippen LogP contribution in [0.4, 0.5) is 4.79 Å².